The number of anilines is 2. The lowest BCUT2D eigenvalue weighted by atomic mass is 10.4. The molecule has 19 heavy (non-hydrogen) atoms. The third-order valence-electron chi connectivity index (χ3n) is 1.95. The Morgan fingerprint density at radius 2 is 2.16 bits per heavy atom. The molecule has 108 valence electrons. The molecule has 1 aromatic rings. The molecule has 0 aliphatic rings. The van der Waals surface area contributed by atoms with Crippen LogP contribution in [0.1, 0.15) is 13.3 Å². The summed E-state index contributed by atoms with van der Waals surface area (Å²) < 4.78 is 41.1. The van der Waals surface area contributed by atoms with Crippen LogP contribution in [0, 0.1) is 0 Å². The SMILES string of the molecule is CCCOc1ncnc(NCCSC(F)(F)F)c1N. The Balaban J connectivity index is 2.49. The van der Waals surface area contributed by atoms with Crippen LogP contribution in [-0.2, 0) is 0 Å². The lowest BCUT2D eigenvalue weighted by Crippen LogP contribution is -2.12. The van der Waals surface area contributed by atoms with E-state index >= 15 is 0 Å². The van der Waals surface area contributed by atoms with Gasteiger partial charge in [0.1, 0.15) is 12.0 Å². The van der Waals surface area contributed by atoms with Crippen molar-refractivity contribution in [1.82, 2.24) is 9.97 Å². The number of hydrogen-bond acceptors (Lipinski definition) is 6. The van der Waals surface area contributed by atoms with Gasteiger partial charge in [0.2, 0.25) is 5.88 Å². The van der Waals surface area contributed by atoms with Gasteiger partial charge in [-0.15, -0.1) is 0 Å². The van der Waals surface area contributed by atoms with E-state index in [4.69, 9.17) is 10.5 Å². The highest BCUT2D eigenvalue weighted by atomic mass is 32.2. The molecule has 0 unspecified atom stereocenters. The quantitative estimate of drug-likeness (QED) is 0.753. The second-order valence-electron chi connectivity index (χ2n) is 3.51. The Kier molecular flexibility index (Phi) is 6.00. The van der Waals surface area contributed by atoms with Crippen molar-refractivity contribution >= 4 is 23.3 Å². The average Bonchev–Trinajstić information content (AvgIpc) is 2.33. The van der Waals surface area contributed by atoms with Crippen LogP contribution in [0.15, 0.2) is 6.33 Å². The van der Waals surface area contributed by atoms with E-state index in [9.17, 15) is 13.2 Å². The molecule has 0 spiro atoms. The number of aromatic nitrogens is 2. The smallest absolute Gasteiger partial charge is 0.441 e. The van der Waals surface area contributed by atoms with Crippen molar-refractivity contribution in [3.63, 3.8) is 0 Å². The third kappa shape index (κ3) is 5.86. The molecule has 0 saturated heterocycles. The number of nitrogens with one attached hydrogen (secondary N) is 1. The van der Waals surface area contributed by atoms with Crippen LogP contribution in [0.25, 0.3) is 0 Å². The molecule has 0 fully saturated rings. The first-order chi connectivity index (χ1) is 8.94. The van der Waals surface area contributed by atoms with Gasteiger partial charge in [0.15, 0.2) is 5.82 Å². The summed E-state index contributed by atoms with van der Waals surface area (Å²) >= 11 is -0.101. The average molecular weight is 296 g/mol. The summed E-state index contributed by atoms with van der Waals surface area (Å²) in [6.45, 7) is 2.49. The first-order valence-electron chi connectivity index (χ1n) is 5.62. The van der Waals surface area contributed by atoms with E-state index in [1.54, 1.807) is 0 Å². The van der Waals surface area contributed by atoms with E-state index in [0.29, 0.717) is 6.61 Å². The topological polar surface area (TPSA) is 73.1 Å². The van der Waals surface area contributed by atoms with E-state index in [1.165, 1.54) is 6.33 Å². The molecule has 1 heterocycles. The predicted octanol–water partition coefficient (Wildman–Crippen LogP) is 2.51. The molecular weight excluding hydrogens is 281 g/mol. The number of nitrogens with two attached hydrogens (primary N) is 1. The molecule has 1 aromatic heterocycles. The van der Waals surface area contributed by atoms with Crippen LogP contribution in [0.3, 0.4) is 0 Å². The summed E-state index contributed by atoms with van der Waals surface area (Å²) in [4.78, 5) is 7.72. The Labute approximate surface area is 113 Å². The van der Waals surface area contributed by atoms with Gasteiger partial charge in [-0.1, -0.05) is 6.92 Å². The molecule has 0 bridgehead atoms. The molecule has 9 heteroatoms. The minimum atomic E-state index is -4.23. The highest BCUT2D eigenvalue weighted by Gasteiger charge is 2.27. The summed E-state index contributed by atoms with van der Waals surface area (Å²) in [6, 6.07) is 0. The second-order valence-corrected chi connectivity index (χ2v) is 4.67. The summed E-state index contributed by atoms with van der Waals surface area (Å²) in [5.41, 5.74) is 1.72. The molecule has 0 aliphatic carbocycles. The number of nitrogens with zero attached hydrogens (tertiary/aromatic N) is 2. The maximum Gasteiger partial charge on any atom is 0.441 e. The van der Waals surface area contributed by atoms with Gasteiger partial charge in [0.05, 0.1) is 6.61 Å². The molecule has 0 amide bonds. The van der Waals surface area contributed by atoms with Gasteiger partial charge >= 0.3 is 5.51 Å². The van der Waals surface area contributed by atoms with Crippen molar-refractivity contribution in [3.8, 4) is 5.88 Å². The molecule has 0 radical (unpaired) electrons. The van der Waals surface area contributed by atoms with E-state index in [0.717, 1.165) is 6.42 Å². The van der Waals surface area contributed by atoms with Crippen molar-refractivity contribution < 1.29 is 17.9 Å². The van der Waals surface area contributed by atoms with Crippen LogP contribution < -0.4 is 15.8 Å². The lowest BCUT2D eigenvalue weighted by molar-refractivity contribution is -0.0327. The number of thioether (sulfide) groups is 1. The standard InChI is InChI=1S/C10H15F3N4OS/c1-2-4-18-9-7(14)8(16-6-17-9)15-3-5-19-10(11,12)13/h6H,2-5,14H2,1H3,(H,15,16,17). The van der Waals surface area contributed by atoms with Gasteiger partial charge < -0.3 is 15.8 Å². The van der Waals surface area contributed by atoms with Gasteiger partial charge in [-0.05, 0) is 18.2 Å². The second kappa shape index (κ2) is 7.27. The van der Waals surface area contributed by atoms with Gasteiger partial charge in [0.25, 0.3) is 0 Å². The normalized spacial score (nSPS) is 11.4. The summed E-state index contributed by atoms with van der Waals surface area (Å²) in [5.74, 6) is 0.393. The number of rotatable bonds is 7. The minimum Gasteiger partial charge on any atom is -0.476 e. The number of nitrogen functional groups attached to an aromatic ring is 1. The largest absolute Gasteiger partial charge is 0.476 e. The van der Waals surface area contributed by atoms with Crippen LogP contribution >= 0.6 is 11.8 Å². The Morgan fingerprint density at radius 3 is 2.79 bits per heavy atom. The summed E-state index contributed by atoms with van der Waals surface area (Å²) in [6.07, 6.45) is 2.05. The lowest BCUT2D eigenvalue weighted by Gasteiger charge is -2.11. The number of alkyl halides is 3. The Morgan fingerprint density at radius 1 is 1.42 bits per heavy atom. The fourth-order valence-corrected chi connectivity index (χ4v) is 1.61. The van der Waals surface area contributed by atoms with Gasteiger partial charge in [-0.2, -0.15) is 18.2 Å². The third-order valence-corrected chi connectivity index (χ3v) is 2.69. The first-order valence-corrected chi connectivity index (χ1v) is 6.60. The van der Waals surface area contributed by atoms with Crippen LogP contribution in [0.4, 0.5) is 24.7 Å². The van der Waals surface area contributed by atoms with E-state index in [-0.39, 0.29) is 41.4 Å². The minimum absolute atomic E-state index is 0.0958. The molecule has 0 aliphatic heterocycles. The highest BCUT2D eigenvalue weighted by molar-refractivity contribution is 8.00. The molecule has 1 rings (SSSR count). The summed E-state index contributed by atoms with van der Waals surface area (Å²) in [7, 11) is 0. The number of ether oxygens (including phenoxy) is 1. The monoisotopic (exact) mass is 296 g/mol. The van der Waals surface area contributed by atoms with Gasteiger partial charge in [0, 0.05) is 12.3 Å². The molecule has 0 atom stereocenters. The molecule has 3 N–H and O–H groups in total. The fourth-order valence-electron chi connectivity index (χ4n) is 1.17. The first kappa shape index (κ1) is 15.7. The Hall–Kier alpha value is -1.38. The van der Waals surface area contributed by atoms with Crippen molar-refractivity contribution in [3.05, 3.63) is 6.33 Å². The predicted molar refractivity (Wildman–Crippen MR) is 69.2 cm³/mol. The van der Waals surface area contributed by atoms with E-state index in [2.05, 4.69) is 15.3 Å². The molecule has 0 aromatic carbocycles. The number of hydrogen-bond donors (Lipinski definition) is 2. The molecular formula is C10H15F3N4OS. The maximum absolute atomic E-state index is 11.9. The highest BCUT2D eigenvalue weighted by Crippen LogP contribution is 2.30. The van der Waals surface area contributed by atoms with Crippen LogP contribution in [-0.4, -0.2) is 34.4 Å². The molecule has 0 saturated carbocycles. The van der Waals surface area contributed by atoms with Crippen LogP contribution in [0.5, 0.6) is 5.88 Å². The van der Waals surface area contributed by atoms with Gasteiger partial charge in [-0.3, -0.25) is 0 Å². The van der Waals surface area contributed by atoms with Crippen molar-refractivity contribution in [2.45, 2.75) is 18.9 Å². The zero-order valence-electron chi connectivity index (χ0n) is 10.3. The van der Waals surface area contributed by atoms with E-state index < -0.39 is 5.51 Å². The van der Waals surface area contributed by atoms with Crippen LogP contribution in [0.2, 0.25) is 0 Å². The van der Waals surface area contributed by atoms with Crippen molar-refractivity contribution in [1.29, 1.82) is 0 Å². The Bertz CT molecular complexity index is 403. The maximum atomic E-state index is 11.9. The van der Waals surface area contributed by atoms with Crippen molar-refractivity contribution in [2.24, 2.45) is 0 Å². The number of halogens is 3. The van der Waals surface area contributed by atoms with Crippen molar-refractivity contribution in [2.75, 3.05) is 30.0 Å². The van der Waals surface area contributed by atoms with E-state index in [1.807, 2.05) is 6.92 Å². The zero-order chi connectivity index (χ0) is 14.3. The van der Waals surface area contributed by atoms with Gasteiger partial charge in [-0.25, -0.2) is 4.98 Å². The summed E-state index contributed by atoms with van der Waals surface area (Å²) in [5, 5.41) is 2.73. The zero-order valence-corrected chi connectivity index (χ0v) is 11.1. The molecule has 5 nitrogen and oxygen atoms in total. The fraction of sp³-hybridized carbons (Fsp3) is 0.600.